The highest BCUT2D eigenvalue weighted by Gasteiger charge is 2.43. The fraction of sp³-hybridized carbons (Fsp3) is 0.652. The minimum Gasteiger partial charge on any atom is -0.480 e. The third-order valence-electron chi connectivity index (χ3n) is 6.11. The minimum absolute atomic E-state index is 0.319. The highest BCUT2D eigenvalue weighted by molar-refractivity contribution is 7.80. The van der Waals surface area contributed by atoms with Crippen molar-refractivity contribution in [3.63, 3.8) is 0 Å². The number of benzene rings is 1. The maximum absolute atomic E-state index is 11.5. The quantitative estimate of drug-likeness (QED) is 0.436. The van der Waals surface area contributed by atoms with Crippen LogP contribution in [0.15, 0.2) is 0 Å². The van der Waals surface area contributed by atoms with E-state index in [-0.39, 0.29) is 5.97 Å². The van der Waals surface area contributed by atoms with Gasteiger partial charge in [0.25, 0.3) is 0 Å². The number of fused-ring (bicyclic) bond motifs is 1. The Balaban J connectivity index is 1.84. The van der Waals surface area contributed by atoms with Crippen LogP contribution < -0.4 is 14.8 Å². The fourth-order valence-corrected chi connectivity index (χ4v) is 4.31. The molecular weight excluding hydrogens is 402 g/mol. The van der Waals surface area contributed by atoms with E-state index in [2.05, 4.69) is 5.32 Å². The number of thiocarbonyl (C=S) groups is 1. The van der Waals surface area contributed by atoms with Crippen LogP contribution in [0.25, 0.3) is 0 Å². The van der Waals surface area contributed by atoms with Crippen molar-refractivity contribution >= 4 is 23.2 Å². The van der Waals surface area contributed by atoms with Crippen LogP contribution in [0.1, 0.15) is 63.3 Å². The summed E-state index contributed by atoms with van der Waals surface area (Å²) in [5.74, 6) is 0.569. The molecule has 7 heteroatoms. The summed E-state index contributed by atoms with van der Waals surface area (Å²) in [4.78, 5) is 12.2. The topological polar surface area (TPSA) is 66.0 Å². The number of rotatable bonds is 3. The smallest absolute Gasteiger partial charge is 0.308 e. The van der Waals surface area contributed by atoms with E-state index < -0.39 is 16.9 Å². The van der Waals surface area contributed by atoms with Crippen molar-refractivity contribution in [1.82, 2.24) is 5.32 Å². The molecule has 0 aliphatic carbocycles. The molecule has 3 rings (SSSR count). The van der Waals surface area contributed by atoms with Crippen LogP contribution in [-0.4, -0.2) is 41.1 Å². The molecule has 2 aliphatic heterocycles. The van der Waals surface area contributed by atoms with Gasteiger partial charge < -0.3 is 24.3 Å². The molecule has 2 heterocycles. The van der Waals surface area contributed by atoms with Gasteiger partial charge in [-0.2, -0.15) is 0 Å². The van der Waals surface area contributed by atoms with E-state index in [1.807, 2.05) is 48.5 Å². The number of ether oxygens (including phenoxy) is 4. The van der Waals surface area contributed by atoms with Crippen molar-refractivity contribution < 1.29 is 23.7 Å². The zero-order valence-corrected chi connectivity index (χ0v) is 20.1. The lowest BCUT2D eigenvalue weighted by Gasteiger charge is -2.45. The molecule has 0 radical (unpaired) electrons. The van der Waals surface area contributed by atoms with E-state index in [9.17, 15) is 4.79 Å². The number of hydrogen-bond donors (Lipinski definition) is 1. The van der Waals surface area contributed by atoms with E-state index in [0.29, 0.717) is 24.0 Å². The number of carbonyl (C=O) groups excluding carboxylic acids is 1. The van der Waals surface area contributed by atoms with Crippen LogP contribution in [0.5, 0.6) is 11.5 Å². The molecule has 0 amide bonds. The number of nitrogens with one attached hydrogen (secondary N) is 1. The van der Waals surface area contributed by atoms with E-state index in [1.54, 1.807) is 0 Å². The van der Waals surface area contributed by atoms with Gasteiger partial charge in [-0.15, -0.1) is 0 Å². The van der Waals surface area contributed by atoms with Gasteiger partial charge >= 0.3 is 5.97 Å². The van der Waals surface area contributed by atoms with Gasteiger partial charge in [-0.25, -0.2) is 0 Å². The zero-order chi connectivity index (χ0) is 22.5. The molecule has 30 heavy (non-hydrogen) atoms. The second-order valence-electron chi connectivity index (χ2n) is 9.43. The van der Waals surface area contributed by atoms with E-state index in [4.69, 9.17) is 31.2 Å². The molecule has 0 aromatic heterocycles. The Kier molecular flexibility index (Phi) is 5.95. The molecule has 1 N–H and O–H groups in total. The average Bonchev–Trinajstić information content (AvgIpc) is 2.66. The lowest BCUT2D eigenvalue weighted by atomic mass is 9.86. The Hall–Kier alpha value is -1.70. The molecular formula is C23H33NO5S. The van der Waals surface area contributed by atoms with Gasteiger partial charge in [0.05, 0.1) is 18.8 Å². The Labute approximate surface area is 184 Å². The van der Waals surface area contributed by atoms with Crippen LogP contribution in [0.4, 0.5) is 0 Å². The van der Waals surface area contributed by atoms with Gasteiger partial charge in [-0.05, 0) is 78.0 Å². The van der Waals surface area contributed by atoms with Crippen molar-refractivity contribution in [1.29, 1.82) is 0 Å². The highest BCUT2D eigenvalue weighted by Crippen LogP contribution is 2.44. The summed E-state index contributed by atoms with van der Waals surface area (Å²) in [6, 6.07) is 0. The second-order valence-corrected chi connectivity index (χ2v) is 9.84. The summed E-state index contributed by atoms with van der Waals surface area (Å²) in [5, 5.41) is 3.45. The second kappa shape index (κ2) is 7.77. The first kappa shape index (κ1) is 23.0. The Morgan fingerprint density at radius 1 is 1.03 bits per heavy atom. The van der Waals surface area contributed by atoms with E-state index in [0.717, 1.165) is 40.8 Å². The number of hydrogen-bond acceptors (Lipinski definition) is 6. The molecule has 1 saturated heterocycles. The molecule has 166 valence electrons. The maximum Gasteiger partial charge on any atom is 0.308 e. The number of esters is 1. The van der Waals surface area contributed by atoms with Crippen LogP contribution in [-0.2, 0) is 20.7 Å². The number of carbonyl (C=O) groups is 1. The highest BCUT2D eigenvalue weighted by atomic mass is 32.1. The third kappa shape index (κ3) is 4.34. The molecule has 1 fully saturated rings. The predicted molar refractivity (Wildman–Crippen MR) is 119 cm³/mol. The first-order valence-electron chi connectivity index (χ1n) is 10.4. The first-order valence-corrected chi connectivity index (χ1v) is 10.8. The molecule has 0 spiro atoms. The van der Waals surface area contributed by atoms with Crippen molar-refractivity contribution in [2.45, 2.75) is 85.2 Å². The van der Waals surface area contributed by atoms with Gasteiger partial charge in [-0.3, -0.25) is 4.79 Å². The summed E-state index contributed by atoms with van der Waals surface area (Å²) >= 11 is 5.80. The largest absolute Gasteiger partial charge is 0.480 e. The molecule has 0 bridgehead atoms. The molecule has 0 saturated carbocycles. The minimum atomic E-state index is -0.648. The summed E-state index contributed by atoms with van der Waals surface area (Å²) < 4.78 is 23.7. The van der Waals surface area contributed by atoms with E-state index >= 15 is 0 Å². The summed E-state index contributed by atoms with van der Waals surface area (Å²) in [6.45, 7) is 16.2. The zero-order valence-electron chi connectivity index (χ0n) is 19.3. The third-order valence-corrected chi connectivity index (χ3v) is 6.64. The van der Waals surface area contributed by atoms with Gasteiger partial charge in [0.1, 0.15) is 16.5 Å². The van der Waals surface area contributed by atoms with Crippen molar-refractivity contribution in [2.24, 2.45) is 0 Å². The maximum atomic E-state index is 11.5. The molecule has 1 aromatic carbocycles. The lowest BCUT2D eigenvalue weighted by molar-refractivity contribution is -0.267. The Morgan fingerprint density at radius 2 is 1.63 bits per heavy atom. The normalized spacial score (nSPS) is 24.4. The van der Waals surface area contributed by atoms with Crippen molar-refractivity contribution in [3.05, 3.63) is 22.3 Å². The van der Waals surface area contributed by atoms with Gasteiger partial charge in [0.2, 0.25) is 0 Å². The standard InChI is InChI=1S/C23H33NO5S/c1-13-14(2)19-17(15(3)18(13)28-16(4)25)9-10-23(8,29-19)20(30)24-22(7)11-26-21(5,6)27-12-22/h9-12H2,1-8H3,(H,24,30). The monoisotopic (exact) mass is 435 g/mol. The Bertz CT molecular complexity index is 884. The predicted octanol–water partition coefficient (Wildman–Crippen LogP) is 4.08. The van der Waals surface area contributed by atoms with E-state index in [1.165, 1.54) is 6.92 Å². The summed E-state index contributed by atoms with van der Waals surface area (Å²) in [6.07, 6.45) is 1.50. The average molecular weight is 436 g/mol. The summed E-state index contributed by atoms with van der Waals surface area (Å²) in [5.41, 5.74) is 2.84. The molecule has 2 aliphatic rings. The van der Waals surface area contributed by atoms with Gasteiger partial charge in [0, 0.05) is 12.5 Å². The van der Waals surface area contributed by atoms with Crippen molar-refractivity contribution in [3.8, 4) is 11.5 Å². The van der Waals surface area contributed by atoms with Crippen LogP contribution >= 0.6 is 12.2 Å². The van der Waals surface area contributed by atoms with Gasteiger partial charge in [-0.1, -0.05) is 12.2 Å². The van der Waals surface area contributed by atoms with Crippen molar-refractivity contribution in [2.75, 3.05) is 13.2 Å². The van der Waals surface area contributed by atoms with Gasteiger partial charge in [0.15, 0.2) is 11.4 Å². The first-order chi connectivity index (χ1) is 13.8. The SMILES string of the molecule is CC(=O)Oc1c(C)c(C)c2c(c1C)CCC(C)(C(=S)NC1(C)COC(C)(C)OC1)O2. The lowest BCUT2D eigenvalue weighted by Crippen LogP contribution is -2.63. The molecule has 6 nitrogen and oxygen atoms in total. The van der Waals surface area contributed by atoms with Crippen LogP contribution in [0.2, 0.25) is 0 Å². The molecule has 1 aromatic rings. The van der Waals surface area contributed by atoms with Crippen LogP contribution in [0.3, 0.4) is 0 Å². The molecule has 1 unspecified atom stereocenters. The fourth-order valence-electron chi connectivity index (χ4n) is 3.92. The Morgan fingerprint density at radius 3 is 2.20 bits per heavy atom. The molecule has 1 atom stereocenters. The summed E-state index contributed by atoms with van der Waals surface area (Å²) in [7, 11) is 0. The van der Waals surface area contributed by atoms with Crippen LogP contribution in [0, 0.1) is 20.8 Å².